The van der Waals surface area contributed by atoms with E-state index < -0.39 is 0 Å². The summed E-state index contributed by atoms with van der Waals surface area (Å²) in [7, 11) is 0. The molecule has 0 N–H and O–H groups in total. The smallest absolute Gasteiger partial charge is 0.164 e. The molecule has 0 aliphatic heterocycles. The molecular weight excluding hydrogens is 647 g/mol. The molecule has 0 bridgehead atoms. The molecule has 0 saturated carbocycles. The Morgan fingerprint density at radius 1 is 0.302 bits per heavy atom. The van der Waals surface area contributed by atoms with E-state index in [1.165, 1.54) is 37.7 Å². The minimum absolute atomic E-state index is 0.602. The molecule has 0 aliphatic carbocycles. The summed E-state index contributed by atoms with van der Waals surface area (Å²) in [6, 6.07) is 61.8. The fourth-order valence-corrected chi connectivity index (χ4v) is 7.89. The number of para-hydroxylation sites is 1. The van der Waals surface area contributed by atoms with E-state index in [-0.39, 0.29) is 0 Å². The van der Waals surface area contributed by atoms with Crippen molar-refractivity contribution >= 4 is 65.0 Å². The maximum Gasteiger partial charge on any atom is 0.164 e. The van der Waals surface area contributed by atoms with Crippen molar-refractivity contribution in [3.63, 3.8) is 0 Å². The summed E-state index contributed by atoms with van der Waals surface area (Å²) >= 11 is 0. The van der Waals surface area contributed by atoms with Gasteiger partial charge in [0, 0.05) is 27.5 Å². The topological polar surface area (TPSA) is 51.8 Å². The van der Waals surface area contributed by atoms with Gasteiger partial charge >= 0.3 is 0 Å². The van der Waals surface area contributed by atoms with Crippen molar-refractivity contribution < 1.29 is 4.42 Å². The zero-order valence-corrected chi connectivity index (χ0v) is 28.5. The number of nitrogens with zero attached hydrogens (tertiary/aromatic N) is 3. The largest absolute Gasteiger partial charge is 0.456 e. The second-order valence-corrected chi connectivity index (χ2v) is 13.6. The first-order valence-electron chi connectivity index (χ1n) is 17.8. The minimum atomic E-state index is 0.602. The van der Waals surface area contributed by atoms with Crippen molar-refractivity contribution in [2.75, 3.05) is 0 Å². The molecule has 0 atom stereocenters. The molecule has 0 aliphatic rings. The quantitative estimate of drug-likeness (QED) is 0.174. The van der Waals surface area contributed by atoms with E-state index in [4.69, 9.17) is 19.4 Å². The van der Waals surface area contributed by atoms with Gasteiger partial charge in [-0.25, -0.2) is 15.0 Å². The first kappa shape index (κ1) is 29.5. The monoisotopic (exact) mass is 675 g/mol. The van der Waals surface area contributed by atoms with Gasteiger partial charge in [0.25, 0.3) is 0 Å². The van der Waals surface area contributed by atoms with Crippen molar-refractivity contribution in [1.82, 2.24) is 15.0 Å². The molecule has 11 rings (SSSR count). The van der Waals surface area contributed by atoms with Gasteiger partial charge in [-0.2, -0.15) is 0 Å². The summed E-state index contributed by atoms with van der Waals surface area (Å²) in [4.78, 5) is 15.5. The Labute approximate surface area is 304 Å². The summed E-state index contributed by atoms with van der Waals surface area (Å²) < 4.78 is 6.27. The molecule has 2 aromatic heterocycles. The van der Waals surface area contributed by atoms with Gasteiger partial charge in [-0.15, -0.1) is 0 Å². The predicted octanol–water partition coefficient (Wildman–Crippen LogP) is 13.1. The number of hydrogen-bond donors (Lipinski definition) is 0. The van der Waals surface area contributed by atoms with Crippen LogP contribution in [0.15, 0.2) is 180 Å². The van der Waals surface area contributed by atoms with E-state index >= 15 is 0 Å². The lowest BCUT2D eigenvalue weighted by Crippen LogP contribution is -2.00. The normalized spacial score (nSPS) is 11.8. The molecule has 0 saturated heterocycles. The number of rotatable bonds is 4. The van der Waals surface area contributed by atoms with E-state index in [9.17, 15) is 0 Å². The minimum Gasteiger partial charge on any atom is -0.456 e. The van der Waals surface area contributed by atoms with Crippen LogP contribution in [0.2, 0.25) is 0 Å². The number of hydrogen-bond acceptors (Lipinski definition) is 4. The first-order chi connectivity index (χ1) is 26.2. The van der Waals surface area contributed by atoms with E-state index in [0.29, 0.717) is 17.5 Å². The second kappa shape index (κ2) is 11.7. The molecule has 4 heteroatoms. The zero-order valence-electron chi connectivity index (χ0n) is 28.5. The molecule has 0 radical (unpaired) electrons. The van der Waals surface area contributed by atoms with Crippen molar-refractivity contribution in [3.8, 4) is 45.3 Å². The van der Waals surface area contributed by atoms with Crippen LogP contribution in [-0.2, 0) is 0 Å². The molecule has 53 heavy (non-hydrogen) atoms. The first-order valence-corrected chi connectivity index (χ1v) is 17.8. The summed E-state index contributed by atoms with van der Waals surface area (Å²) in [6.07, 6.45) is 0. The molecule has 0 unspecified atom stereocenters. The van der Waals surface area contributed by atoms with Crippen LogP contribution >= 0.6 is 0 Å². The summed E-state index contributed by atoms with van der Waals surface area (Å²) in [5, 5.41) is 11.8. The van der Waals surface area contributed by atoms with Gasteiger partial charge in [-0.1, -0.05) is 146 Å². The van der Waals surface area contributed by atoms with Crippen LogP contribution in [0.25, 0.3) is 110 Å². The van der Waals surface area contributed by atoms with Crippen LogP contribution in [0.5, 0.6) is 0 Å². The van der Waals surface area contributed by atoms with Crippen molar-refractivity contribution in [2.24, 2.45) is 0 Å². The average Bonchev–Trinajstić information content (AvgIpc) is 3.62. The number of aromatic nitrogens is 3. The Balaban J connectivity index is 1.11. The Bertz CT molecular complexity index is 3250. The summed E-state index contributed by atoms with van der Waals surface area (Å²) in [5.41, 5.74) is 6.63. The Morgan fingerprint density at radius 2 is 0.868 bits per heavy atom. The highest BCUT2D eigenvalue weighted by Gasteiger charge is 2.18. The molecule has 0 fully saturated rings. The third kappa shape index (κ3) is 4.88. The van der Waals surface area contributed by atoms with Crippen molar-refractivity contribution in [3.05, 3.63) is 176 Å². The molecule has 2 heterocycles. The number of furan rings is 1. The van der Waals surface area contributed by atoms with Gasteiger partial charge < -0.3 is 4.42 Å². The van der Waals surface area contributed by atoms with Crippen molar-refractivity contribution in [1.29, 1.82) is 0 Å². The van der Waals surface area contributed by atoms with Crippen LogP contribution in [0.4, 0.5) is 0 Å². The Hall–Kier alpha value is -7.17. The SMILES string of the molecule is c1cc(-c2ccc3ccc4ccc5ccccc5c4c3c2)cc(-c2nc(-c3ccc4ccccc4c3)nc(-c3cccc4oc5ccccc5c34)n2)c1. The van der Waals surface area contributed by atoms with Gasteiger partial charge in [0.1, 0.15) is 11.2 Å². The molecule has 0 amide bonds. The number of fused-ring (bicyclic) bond motifs is 9. The molecule has 0 spiro atoms. The third-order valence-electron chi connectivity index (χ3n) is 10.5. The lowest BCUT2D eigenvalue weighted by atomic mass is 9.93. The Morgan fingerprint density at radius 3 is 1.74 bits per heavy atom. The molecule has 4 nitrogen and oxygen atoms in total. The van der Waals surface area contributed by atoms with Gasteiger partial charge in [0.2, 0.25) is 0 Å². The average molecular weight is 676 g/mol. The van der Waals surface area contributed by atoms with Crippen LogP contribution in [0.3, 0.4) is 0 Å². The molecule has 11 aromatic rings. The standard InChI is InChI=1S/C49H29N3O/c1-2-11-34-27-38(26-19-30(34)9-1)48-50-47(51-49(52-48)41-16-8-18-44-46(41)40-15-5-6-17-43(40)53-44)37-13-7-12-35(28-37)36-25-22-32-21-24-33-23-20-31-10-3-4-14-39(31)45(33)42(32)29-36/h1-29H. The maximum atomic E-state index is 6.27. The zero-order chi connectivity index (χ0) is 34.9. The van der Waals surface area contributed by atoms with Gasteiger partial charge in [0.05, 0.1) is 0 Å². The highest BCUT2D eigenvalue weighted by Crippen LogP contribution is 2.38. The molecule has 246 valence electrons. The lowest BCUT2D eigenvalue weighted by molar-refractivity contribution is 0.669. The maximum absolute atomic E-state index is 6.27. The van der Waals surface area contributed by atoms with Crippen LogP contribution in [0, 0.1) is 0 Å². The lowest BCUT2D eigenvalue weighted by Gasteiger charge is -2.12. The van der Waals surface area contributed by atoms with E-state index in [0.717, 1.165) is 55.1 Å². The second-order valence-electron chi connectivity index (χ2n) is 13.6. The van der Waals surface area contributed by atoms with Crippen LogP contribution in [-0.4, -0.2) is 15.0 Å². The fraction of sp³-hybridized carbons (Fsp3) is 0. The van der Waals surface area contributed by atoms with E-state index in [1.54, 1.807) is 0 Å². The summed E-state index contributed by atoms with van der Waals surface area (Å²) in [5.74, 6) is 1.84. The Kier molecular flexibility index (Phi) is 6.52. The highest BCUT2D eigenvalue weighted by atomic mass is 16.3. The molecular formula is C49H29N3O. The van der Waals surface area contributed by atoms with E-state index in [1.807, 2.05) is 30.3 Å². The van der Waals surface area contributed by atoms with Gasteiger partial charge in [-0.05, 0) is 84.5 Å². The highest BCUT2D eigenvalue weighted by molar-refractivity contribution is 6.20. The van der Waals surface area contributed by atoms with E-state index in [2.05, 4.69) is 146 Å². The predicted molar refractivity (Wildman–Crippen MR) is 219 cm³/mol. The van der Waals surface area contributed by atoms with Crippen LogP contribution < -0.4 is 0 Å². The fourth-order valence-electron chi connectivity index (χ4n) is 7.89. The van der Waals surface area contributed by atoms with Gasteiger partial charge in [0.15, 0.2) is 17.5 Å². The molecule has 9 aromatic carbocycles. The van der Waals surface area contributed by atoms with Crippen LogP contribution in [0.1, 0.15) is 0 Å². The van der Waals surface area contributed by atoms with Crippen molar-refractivity contribution in [2.45, 2.75) is 0 Å². The van der Waals surface area contributed by atoms with Gasteiger partial charge in [-0.3, -0.25) is 0 Å². The third-order valence-corrected chi connectivity index (χ3v) is 10.5. The summed E-state index contributed by atoms with van der Waals surface area (Å²) in [6.45, 7) is 0. The number of benzene rings is 9.